The molecule has 0 atom stereocenters. The van der Waals surface area contributed by atoms with Gasteiger partial charge in [0.25, 0.3) is 0 Å². The lowest BCUT2D eigenvalue weighted by Gasteiger charge is -2.28. The summed E-state index contributed by atoms with van der Waals surface area (Å²) >= 11 is 0. The van der Waals surface area contributed by atoms with Crippen LogP contribution in [0.1, 0.15) is 69.4 Å². The number of para-hydroxylation sites is 2. The summed E-state index contributed by atoms with van der Waals surface area (Å²) < 4.78 is 6.96. The summed E-state index contributed by atoms with van der Waals surface area (Å²) in [4.78, 5) is 2.40. The highest BCUT2D eigenvalue weighted by Gasteiger charge is 2.27. The highest BCUT2D eigenvalue weighted by atomic mass is 16.3. The Labute approximate surface area is 336 Å². The Morgan fingerprint density at radius 3 is 1.60 bits per heavy atom. The van der Waals surface area contributed by atoms with Gasteiger partial charge in [-0.15, -0.1) is 0 Å². The van der Waals surface area contributed by atoms with Crippen LogP contribution in [-0.4, -0.2) is 0 Å². The van der Waals surface area contributed by atoms with E-state index in [1.165, 1.54) is 82.7 Å². The first kappa shape index (κ1) is 35.3. The van der Waals surface area contributed by atoms with Crippen LogP contribution >= 0.6 is 0 Å². The Balaban J connectivity index is 1.09. The van der Waals surface area contributed by atoms with Crippen LogP contribution in [0.3, 0.4) is 0 Å². The third-order valence-corrected chi connectivity index (χ3v) is 12.6. The third kappa shape index (κ3) is 5.68. The minimum atomic E-state index is -0.0505. The standard InChI is InChI=1S/C55H49NO/c1-32-24-43(25-33(2)34(32)3)56(51-15-11-13-45-44-12-10-14-50(55(7,8)9)52(44)57-53(45)51)42-23-20-38-29-47-48-30-39-26-36(35-18-21-41(22-19-35)54(4,5)6)16-17-37(39)28-46(48)49(47)31-40(38)27-42/h10-31H,1-9H3. The summed E-state index contributed by atoms with van der Waals surface area (Å²) in [6.45, 7) is 20.2. The number of benzene rings is 8. The lowest BCUT2D eigenvalue weighted by molar-refractivity contribution is 0.573. The Hall–Kier alpha value is -6.12. The zero-order chi connectivity index (χ0) is 39.5. The summed E-state index contributed by atoms with van der Waals surface area (Å²) in [5.74, 6) is 0. The molecule has 0 saturated heterocycles. The van der Waals surface area contributed by atoms with E-state index in [0.29, 0.717) is 0 Å². The topological polar surface area (TPSA) is 16.4 Å². The highest BCUT2D eigenvalue weighted by molar-refractivity contribution is 6.14. The normalized spacial score (nSPS) is 12.6. The van der Waals surface area contributed by atoms with E-state index in [4.69, 9.17) is 4.42 Å². The van der Waals surface area contributed by atoms with Gasteiger partial charge in [-0.05, 0) is 169 Å². The van der Waals surface area contributed by atoms with E-state index in [2.05, 4.69) is 201 Å². The summed E-state index contributed by atoms with van der Waals surface area (Å²) in [5, 5.41) is 7.31. The number of hydrogen-bond acceptors (Lipinski definition) is 2. The first-order chi connectivity index (χ1) is 27.2. The van der Waals surface area contributed by atoms with Crippen LogP contribution in [0.15, 0.2) is 138 Å². The van der Waals surface area contributed by atoms with Crippen LogP contribution < -0.4 is 4.90 Å². The van der Waals surface area contributed by atoms with Gasteiger partial charge in [0.2, 0.25) is 0 Å². The fraction of sp³-hybridized carbons (Fsp3) is 0.200. The van der Waals surface area contributed by atoms with Crippen LogP contribution in [0.4, 0.5) is 17.1 Å². The fourth-order valence-electron chi connectivity index (χ4n) is 9.03. The molecule has 2 nitrogen and oxygen atoms in total. The largest absolute Gasteiger partial charge is 0.454 e. The first-order valence-corrected chi connectivity index (χ1v) is 20.3. The molecular formula is C55H49NO. The van der Waals surface area contributed by atoms with Gasteiger partial charge in [0, 0.05) is 27.7 Å². The zero-order valence-electron chi connectivity index (χ0n) is 34.6. The van der Waals surface area contributed by atoms with E-state index in [-0.39, 0.29) is 10.8 Å². The van der Waals surface area contributed by atoms with Crippen LogP contribution in [-0.2, 0) is 10.8 Å². The molecule has 8 aromatic carbocycles. The van der Waals surface area contributed by atoms with Gasteiger partial charge in [0.15, 0.2) is 5.58 Å². The second-order valence-electron chi connectivity index (χ2n) is 18.4. The van der Waals surface area contributed by atoms with Crippen LogP contribution in [0.2, 0.25) is 0 Å². The van der Waals surface area contributed by atoms with Crippen molar-refractivity contribution in [3.8, 4) is 33.4 Å². The number of hydrogen-bond donors (Lipinski definition) is 0. The molecule has 0 fully saturated rings. The average molecular weight is 740 g/mol. The van der Waals surface area contributed by atoms with E-state index < -0.39 is 0 Å². The van der Waals surface area contributed by atoms with E-state index in [9.17, 15) is 0 Å². The molecule has 0 saturated carbocycles. The minimum absolute atomic E-state index is 0.0505. The predicted molar refractivity (Wildman–Crippen MR) is 245 cm³/mol. The number of aryl methyl sites for hydroxylation is 2. The Bertz CT molecular complexity index is 3080. The Morgan fingerprint density at radius 1 is 0.439 bits per heavy atom. The van der Waals surface area contributed by atoms with E-state index >= 15 is 0 Å². The maximum absolute atomic E-state index is 6.96. The quantitative estimate of drug-likeness (QED) is 0.179. The number of nitrogens with zero attached hydrogens (tertiary/aromatic N) is 1. The second-order valence-corrected chi connectivity index (χ2v) is 18.4. The summed E-state index contributed by atoms with van der Waals surface area (Å²) in [6.07, 6.45) is 0. The molecule has 0 bridgehead atoms. The number of furan rings is 1. The number of anilines is 3. The number of rotatable bonds is 4. The van der Waals surface area contributed by atoms with E-state index in [0.717, 1.165) is 39.0 Å². The predicted octanol–water partition coefficient (Wildman–Crippen LogP) is 16.2. The molecular weight excluding hydrogens is 691 g/mol. The SMILES string of the molecule is Cc1cc(N(c2ccc3cc4c(cc3c2)-c2cc3ccc(-c5ccc(C(C)(C)C)cc5)cc3cc2-4)c2cccc3c2oc2c(C(C)(C)C)cccc23)cc(C)c1C. The zero-order valence-corrected chi connectivity index (χ0v) is 34.6. The molecule has 1 heterocycles. The molecule has 9 aromatic rings. The lowest BCUT2D eigenvalue weighted by Crippen LogP contribution is -2.11. The molecule has 0 spiro atoms. The summed E-state index contributed by atoms with van der Waals surface area (Å²) in [5.41, 5.74) is 19.5. The molecule has 2 heteroatoms. The maximum atomic E-state index is 6.96. The highest BCUT2D eigenvalue weighted by Crippen LogP contribution is 2.52. The minimum Gasteiger partial charge on any atom is -0.454 e. The smallest absolute Gasteiger partial charge is 0.159 e. The molecule has 0 aliphatic heterocycles. The molecule has 280 valence electrons. The van der Waals surface area contributed by atoms with Gasteiger partial charge in [-0.2, -0.15) is 0 Å². The van der Waals surface area contributed by atoms with Gasteiger partial charge in [-0.1, -0.05) is 114 Å². The van der Waals surface area contributed by atoms with Gasteiger partial charge in [-0.3, -0.25) is 0 Å². The molecule has 10 rings (SSSR count). The summed E-state index contributed by atoms with van der Waals surface area (Å²) in [7, 11) is 0. The van der Waals surface area contributed by atoms with Crippen molar-refractivity contribution in [1.82, 2.24) is 0 Å². The Morgan fingerprint density at radius 2 is 0.982 bits per heavy atom. The van der Waals surface area contributed by atoms with Crippen molar-refractivity contribution in [3.63, 3.8) is 0 Å². The third-order valence-electron chi connectivity index (χ3n) is 12.6. The molecule has 57 heavy (non-hydrogen) atoms. The van der Waals surface area contributed by atoms with Crippen LogP contribution in [0.5, 0.6) is 0 Å². The molecule has 0 amide bonds. The lowest BCUT2D eigenvalue weighted by atomic mass is 9.77. The van der Waals surface area contributed by atoms with E-state index in [1.807, 2.05) is 0 Å². The van der Waals surface area contributed by atoms with Crippen molar-refractivity contribution in [2.24, 2.45) is 0 Å². The molecule has 1 aromatic heterocycles. The van der Waals surface area contributed by atoms with Crippen LogP contribution in [0, 0.1) is 20.8 Å². The first-order valence-electron chi connectivity index (χ1n) is 20.3. The monoisotopic (exact) mass is 739 g/mol. The number of fused-ring (bicyclic) bond motifs is 9. The molecule has 1 aliphatic rings. The molecule has 1 aliphatic carbocycles. The average Bonchev–Trinajstić information content (AvgIpc) is 3.57. The van der Waals surface area contributed by atoms with Gasteiger partial charge < -0.3 is 9.32 Å². The van der Waals surface area contributed by atoms with Gasteiger partial charge in [0.1, 0.15) is 5.58 Å². The summed E-state index contributed by atoms with van der Waals surface area (Å²) in [6, 6.07) is 50.3. The van der Waals surface area contributed by atoms with E-state index in [1.54, 1.807) is 0 Å². The van der Waals surface area contributed by atoms with Crippen molar-refractivity contribution in [2.75, 3.05) is 4.90 Å². The second kappa shape index (κ2) is 12.4. The maximum Gasteiger partial charge on any atom is 0.159 e. The van der Waals surface area contributed by atoms with Gasteiger partial charge in [-0.25, -0.2) is 0 Å². The molecule has 0 unspecified atom stereocenters. The van der Waals surface area contributed by atoms with Crippen LogP contribution in [0.25, 0.3) is 76.9 Å². The molecule has 0 radical (unpaired) electrons. The molecule has 0 N–H and O–H groups in total. The van der Waals surface area contributed by atoms with Crippen molar-refractivity contribution >= 4 is 60.5 Å². The van der Waals surface area contributed by atoms with Crippen molar-refractivity contribution in [2.45, 2.75) is 73.1 Å². The van der Waals surface area contributed by atoms with Gasteiger partial charge >= 0.3 is 0 Å². The van der Waals surface area contributed by atoms with Crippen molar-refractivity contribution in [1.29, 1.82) is 0 Å². The Kier molecular flexibility index (Phi) is 7.70. The fourth-order valence-corrected chi connectivity index (χ4v) is 9.03. The van der Waals surface area contributed by atoms with Gasteiger partial charge in [0.05, 0.1) is 5.69 Å². The van der Waals surface area contributed by atoms with Crippen molar-refractivity contribution < 1.29 is 4.42 Å². The van der Waals surface area contributed by atoms with Crippen molar-refractivity contribution in [3.05, 3.63) is 161 Å².